The van der Waals surface area contributed by atoms with Crippen LogP contribution in [-0.4, -0.2) is 25.2 Å². The van der Waals surface area contributed by atoms with Crippen LogP contribution in [0, 0.1) is 0 Å². The summed E-state index contributed by atoms with van der Waals surface area (Å²) in [7, 11) is 0. The van der Waals surface area contributed by atoms with Crippen LogP contribution in [0.5, 0.6) is 5.75 Å². The van der Waals surface area contributed by atoms with Crippen molar-refractivity contribution in [3.63, 3.8) is 0 Å². The van der Waals surface area contributed by atoms with Gasteiger partial charge in [0, 0.05) is 5.56 Å². The van der Waals surface area contributed by atoms with E-state index in [1.165, 1.54) is 12.1 Å². The highest BCUT2D eigenvalue weighted by atomic mass is 19.3. The van der Waals surface area contributed by atoms with Crippen LogP contribution >= 0.6 is 0 Å². The summed E-state index contributed by atoms with van der Waals surface area (Å²) in [5, 5.41) is 0. The van der Waals surface area contributed by atoms with Crippen LogP contribution in [0.25, 0.3) is 0 Å². The maximum Gasteiger partial charge on any atom is 0.349 e. The summed E-state index contributed by atoms with van der Waals surface area (Å²) in [5.74, 6) is -5.15. The van der Waals surface area contributed by atoms with Crippen LogP contribution in [0.2, 0.25) is 0 Å². The number of carbonyl (C=O) groups is 1. The molecule has 0 aliphatic heterocycles. The zero-order valence-electron chi connectivity index (χ0n) is 10.9. The molecule has 1 rings (SSSR count). The van der Waals surface area contributed by atoms with Crippen molar-refractivity contribution in [2.24, 2.45) is 5.73 Å². The largest absolute Gasteiger partial charge is 0.491 e. The van der Waals surface area contributed by atoms with E-state index in [-0.39, 0.29) is 18.5 Å². The SMILES string of the molecule is CC(C)OCCOc1cccc(C(F)(F)C(N)=O)c1. The van der Waals surface area contributed by atoms with E-state index in [1.807, 2.05) is 13.8 Å². The molecule has 0 atom stereocenters. The molecule has 0 heterocycles. The van der Waals surface area contributed by atoms with Gasteiger partial charge in [0.2, 0.25) is 0 Å². The van der Waals surface area contributed by atoms with Crippen molar-refractivity contribution in [1.82, 2.24) is 0 Å². The lowest BCUT2D eigenvalue weighted by atomic mass is 10.1. The van der Waals surface area contributed by atoms with Crippen molar-refractivity contribution in [3.05, 3.63) is 29.8 Å². The second-order valence-corrected chi connectivity index (χ2v) is 4.23. The Hall–Kier alpha value is -1.69. The van der Waals surface area contributed by atoms with Crippen molar-refractivity contribution in [2.45, 2.75) is 25.9 Å². The number of hydrogen-bond acceptors (Lipinski definition) is 3. The first-order valence-corrected chi connectivity index (χ1v) is 5.86. The summed E-state index contributed by atoms with van der Waals surface area (Å²) in [6.07, 6.45) is 0.0779. The third-order valence-corrected chi connectivity index (χ3v) is 2.31. The standard InChI is InChI=1S/C13H17F2NO3/c1-9(2)18-6-7-19-11-5-3-4-10(8-11)13(14,15)12(16)17/h3-5,8-9H,6-7H2,1-2H3,(H2,16,17). The van der Waals surface area contributed by atoms with Crippen LogP contribution in [0.15, 0.2) is 24.3 Å². The van der Waals surface area contributed by atoms with Gasteiger partial charge in [-0.2, -0.15) is 8.78 Å². The number of halogens is 2. The molecule has 0 fully saturated rings. The van der Waals surface area contributed by atoms with Gasteiger partial charge >= 0.3 is 5.92 Å². The Morgan fingerprint density at radius 2 is 2.05 bits per heavy atom. The number of nitrogens with two attached hydrogens (primary N) is 1. The number of benzene rings is 1. The predicted molar refractivity (Wildman–Crippen MR) is 66.1 cm³/mol. The highest BCUT2D eigenvalue weighted by Crippen LogP contribution is 2.29. The molecule has 0 bridgehead atoms. The van der Waals surface area contributed by atoms with Crippen molar-refractivity contribution < 1.29 is 23.0 Å². The number of rotatable bonds is 7. The molecule has 0 radical (unpaired) electrons. The van der Waals surface area contributed by atoms with Gasteiger partial charge in [-0.3, -0.25) is 4.79 Å². The van der Waals surface area contributed by atoms with Gasteiger partial charge in [-0.1, -0.05) is 12.1 Å². The fourth-order valence-corrected chi connectivity index (χ4v) is 1.37. The number of primary amides is 1. The first-order valence-electron chi connectivity index (χ1n) is 5.86. The molecule has 0 saturated heterocycles. The highest BCUT2D eigenvalue weighted by molar-refractivity contribution is 5.83. The maximum absolute atomic E-state index is 13.4. The van der Waals surface area contributed by atoms with Gasteiger partial charge in [0.15, 0.2) is 0 Å². The normalized spacial score (nSPS) is 11.6. The van der Waals surface area contributed by atoms with E-state index in [4.69, 9.17) is 9.47 Å². The van der Waals surface area contributed by atoms with E-state index in [1.54, 1.807) is 0 Å². The fraction of sp³-hybridized carbons (Fsp3) is 0.462. The second kappa shape index (κ2) is 6.47. The zero-order valence-corrected chi connectivity index (χ0v) is 10.9. The van der Waals surface area contributed by atoms with Gasteiger partial charge in [0.1, 0.15) is 12.4 Å². The predicted octanol–water partition coefficient (Wildman–Crippen LogP) is 2.07. The molecule has 1 aromatic carbocycles. The van der Waals surface area contributed by atoms with E-state index < -0.39 is 17.4 Å². The number of ether oxygens (including phenoxy) is 2. The lowest BCUT2D eigenvalue weighted by Crippen LogP contribution is -2.32. The summed E-state index contributed by atoms with van der Waals surface area (Å²) in [4.78, 5) is 10.7. The fourth-order valence-electron chi connectivity index (χ4n) is 1.37. The summed E-state index contributed by atoms with van der Waals surface area (Å²) in [6.45, 7) is 4.36. The average Bonchev–Trinajstić information content (AvgIpc) is 2.34. The molecule has 0 saturated carbocycles. The Bertz CT molecular complexity index is 436. The third-order valence-electron chi connectivity index (χ3n) is 2.31. The van der Waals surface area contributed by atoms with E-state index in [2.05, 4.69) is 5.73 Å². The molecule has 0 spiro atoms. The van der Waals surface area contributed by atoms with E-state index in [0.717, 1.165) is 12.1 Å². The lowest BCUT2D eigenvalue weighted by Gasteiger charge is -2.14. The van der Waals surface area contributed by atoms with Gasteiger partial charge < -0.3 is 15.2 Å². The molecule has 0 aromatic heterocycles. The molecular formula is C13H17F2NO3. The van der Waals surface area contributed by atoms with Crippen LogP contribution in [0.1, 0.15) is 19.4 Å². The Kier molecular flexibility index (Phi) is 5.23. The maximum atomic E-state index is 13.4. The molecular weight excluding hydrogens is 256 g/mol. The quantitative estimate of drug-likeness (QED) is 0.774. The summed E-state index contributed by atoms with van der Waals surface area (Å²) >= 11 is 0. The van der Waals surface area contributed by atoms with E-state index in [9.17, 15) is 13.6 Å². The van der Waals surface area contributed by atoms with E-state index in [0.29, 0.717) is 6.61 Å². The minimum absolute atomic E-state index is 0.0779. The molecule has 0 aliphatic rings. The number of carbonyl (C=O) groups excluding carboxylic acids is 1. The Morgan fingerprint density at radius 3 is 2.63 bits per heavy atom. The van der Waals surface area contributed by atoms with Gasteiger partial charge in [-0.05, 0) is 26.0 Å². The summed E-state index contributed by atoms with van der Waals surface area (Å²) in [6, 6.07) is 5.13. The Morgan fingerprint density at radius 1 is 1.37 bits per heavy atom. The minimum atomic E-state index is -3.70. The van der Waals surface area contributed by atoms with Crippen molar-refractivity contribution in [3.8, 4) is 5.75 Å². The first kappa shape index (κ1) is 15.4. The van der Waals surface area contributed by atoms with Gasteiger partial charge in [-0.25, -0.2) is 0 Å². The zero-order chi connectivity index (χ0) is 14.5. The van der Waals surface area contributed by atoms with Crippen LogP contribution in [-0.2, 0) is 15.5 Å². The topological polar surface area (TPSA) is 61.6 Å². The van der Waals surface area contributed by atoms with Crippen LogP contribution in [0.3, 0.4) is 0 Å². The van der Waals surface area contributed by atoms with E-state index >= 15 is 0 Å². The van der Waals surface area contributed by atoms with Crippen molar-refractivity contribution >= 4 is 5.91 Å². The third kappa shape index (κ3) is 4.48. The highest BCUT2D eigenvalue weighted by Gasteiger charge is 2.38. The molecule has 1 amide bonds. The van der Waals surface area contributed by atoms with Gasteiger partial charge in [0.25, 0.3) is 5.91 Å². The number of alkyl halides is 2. The van der Waals surface area contributed by atoms with Gasteiger partial charge in [-0.15, -0.1) is 0 Å². The van der Waals surface area contributed by atoms with Gasteiger partial charge in [0.05, 0.1) is 12.7 Å². The average molecular weight is 273 g/mol. The van der Waals surface area contributed by atoms with Crippen molar-refractivity contribution in [2.75, 3.05) is 13.2 Å². The number of hydrogen-bond donors (Lipinski definition) is 1. The molecule has 0 aliphatic carbocycles. The molecule has 19 heavy (non-hydrogen) atoms. The van der Waals surface area contributed by atoms with Crippen molar-refractivity contribution in [1.29, 1.82) is 0 Å². The number of amides is 1. The molecule has 2 N–H and O–H groups in total. The Balaban J connectivity index is 2.65. The lowest BCUT2D eigenvalue weighted by molar-refractivity contribution is -0.143. The first-order chi connectivity index (χ1) is 8.84. The summed E-state index contributed by atoms with van der Waals surface area (Å²) in [5.41, 5.74) is 4.17. The molecule has 106 valence electrons. The van der Waals surface area contributed by atoms with Crippen LogP contribution < -0.4 is 10.5 Å². The molecule has 0 unspecified atom stereocenters. The molecule has 1 aromatic rings. The monoisotopic (exact) mass is 273 g/mol. The van der Waals surface area contributed by atoms with Crippen LogP contribution in [0.4, 0.5) is 8.78 Å². The smallest absolute Gasteiger partial charge is 0.349 e. The summed E-state index contributed by atoms with van der Waals surface area (Å²) < 4.78 is 37.3. The molecule has 6 heteroatoms. The second-order valence-electron chi connectivity index (χ2n) is 4.23. The Labute approximate surface area is 110 Å². The molecule has 4 nitrogen and oxygen atoms in total. The minimum Gasteiger partial charge on any atom is -0.491 e.